The Morgan fingerprint density at radius 1 is 0.714 bits per heavy atom. The maximum Gasteiger partial charge on any atom is 0.160 e. The van der Waals surface area contributed by atoms with Crippen LogP contribution in [0, 0.1) is 0 Å². The first kappa shape index (κ1) is 27.8. The molecule has 0 saturated carbocycles. The van der Waals surface area contributed by atoms with Crippen molar-refractivity contribution in [3.8, 4) is 0 Å². The first-order chi connectivity index (χ1) is 17.3. The molecule has 1 fully saturated rings. The average Bonchev–Trinajstić information content (AvgIpc) is 2.90. The zero-order valence-electron chi connectivity index (χ0n) is 21.6. The Kier molecular flexibility index (Phi) is 13.4. The lowest BCUT2D eigenvalue weighted by Crippen LogP contribution is -2.53. The van der Waals surface area contributed by atoms with Crippen LogP contribution in [0.25, 0.3) is 0 Å². The molecule has 1 saturated heterocycles. The van der Waals surface area contributed by atoms with Gasteiger partial charge in [-0.25, -0.2) is 0 Å². The van der Waals surface area contributed by atoms with Crippen molar-refractivity contribution in [2.45, 2.75) is 96.6 Å². The van der Waals surface area contributed by atoms with Gasteiger partial charge in [0.2, 0.25) is 0 Å². The van der Waals surface area contributed by atoms with E-state index >= 15 is 0 Å². The van der Waals surface area contributed by atoms with Gasteiger partial charge in [-0.05, 0) is 24.0 Å². The van der Waals surface area contributed by atoms with Gasteiger partial charge in [0, 0.05) is 19.6 Å². The van der Waals surface area contributed by atoms with E-state index in [4.69, 9.17) is 23.7 Å². The standard InChI is InChI=1S/C30H44O5/c1-3-5-13-19-31-24-28-30(34-23-26-17-11-8-12-18-26)27(33-22-25-15-9-7-10-16-25)21-29(35-28)32-20-14-6-4-2/h7-12,15-18,27-30H,3-6,13-14,19-24H2,1-2H3/t27-,28+,29?,30+/m0/s1. The van der Waals surface area contributed by atoms with E-state index in [1.54, 1.807) is 0 Å². The molecule has 2 aromatic rings. The highest BCUT2D eigenvalue weighted by Gasteiger charge is 2.41. The molecule has 4 atom stereocenters. The van der Waals surface area contributed by atoms with E-state index in [2.05, 4.69) is 38.1 Å². The number of unbranched alkanes of at least 4 members (excludes halogenated alkanes) is 4. The molecule has 1 aliphatic heterocycles. The maximum atomic E-state index is 6.47. The van der Waals surface area contributed by atoms with Crippen molar-refractivity contribution in [1.29, 1.82) is 0 Å². The minimum absolute atomic E-state index is 0.145. The molecule has 3 rings (SSSR count). The summed E-state index contributed by atoms with van der Waals surface area (Å²) in [7, 11) is 0. The van der Waals surface area contributed by atoms with E-state index < -0.39 is 0 Å². The van der Waals surface area contributed by atoms with Crippen molar-refractivity contribution in [3.05, 3.63) is 71.8 Å². The summed E-state index contributed by atoms with van der Waals surface area (Å²) < 4.78 is 31.5. The van der Waals surface area contributed by atoms with E-state index in [0.717, 1.165) is 37.0 Å². The van der Waals surface area contributed by atoms with Crippen LogP contribution in [-0.2, 0) is 36.9 Å². The third kappa shape index (κ3) is 10.4. The fraction of sp³-hybridized carbons (Fsp3) is 0.600. The zero-order chi connectivity index (χ0) is 24.6. The molecule has 0 spiro atoms. The van der Waals surface area contributed by atoms with Gasteiger partial charge in [-0.3, -0.25) is 0 Å². The molecule has 0 aromatic heterocycles. The van der Waals surface area contributed by atoms with Gasteiger partial charge in [0.25, 0.3) is 0 Å². The van der Waals surface area contributed by atoms with Crippen LogP contribution >= 0.6 is 0 Å². The molecule has 5 nitrogen and oxygen atoms in total. The van der Waals surface area contributed by atoms with Crippen molar-refractivity contribution in [2.75, 3.05) is 19.8 Å². The first-order valence-electron chi connectivity index (χ1n) is 13.5. The Labute approximate surface area is 212 Å². The fourth-order valence-corrected chi connectivity index (χ4v) is 4.27. The predicted octanol–water partition coefficient (Wildman–Crippen LogP) is 6.69. The van der Waals surface area contributed by atoms with E-state index in [9.17, 15) is 0 Å². The number of hydrogen-bond donors (Lipinski definition) is 0. The van der Waals surface area contributed by atoms with Gasteiger partial charge in [-0.2, -0.15) is 0 Å². The lowest BCUT2D eigenvalue weighted by Gasteiger charge is -2.41. The Bertz CT molecular complexity index is 769. The Balaban J connectivity index is 1.68. The molecule has 1 aliphatic rings. The van der Waals surface area contributed by atoms with Crippen LogP contribution in [0.2, 0.25) is 0 Å². The number of ether oxygens (including phenoxy) is 5. The SMILES string of the molecule is CCCCCOC[C@H]1OC(OCCCCC)C[C@H](OCc2ccccc2)[C@H]1OCc1ccccc1. The zero-order valence-corrected chi connectivity index (χ0v) is 21.6. The van der Waals surface area contributed by atoms with Crippen LogP contribution in [0.15, 0.2) is 60.7 Å². The highest BCUT2D eigenvalue weighted by molar-refractivity contribution is 5.14. The molecule has 0 radical (unpaired) electrons. The normalized spacial score (nSPS) is 22.3. The Morgan fingerprint density at radius 2 is 1.31 bits per heavy atom. The lowest BCUT2D eigenvalue weighted by molar-refractivity contribution is -0.278. The topological polar surface area (TPSA) is 46.2 Å². The quantitative estimate of drug-likeness (QED) is 0.234. The summed E-state index contributed by atoms with van der Waals surface area (Å²) in [5, 5.41) is 0. The summed E-state index contributed by atoms with van der Waals surface area (Å²) in [5.41, 5.74) is 2.28. The van der Waals surface area contributed by atoms with Crippen molar-refractivity contribution < 1.29 is 23.7 Å². The molecule has 5 heteroatoms. The second-order valence-electron chi connectivity index (χ2n) is 9.30. The van der Waals surface area contributed by atoms with Crippen molar-refractivity contribution in [3.63, 3.8) is 0 Å². The molecule has 1 heterocycles. The second kappa shape index (κ2) is 16.8. The second-order valence-corrected chi connectivity index (χ2v) is 9.30. The van der Waals surface area contributed by atoms with Gasteiger partial charge in [-0.1, -0.05) is 100 Å². The van der Waals surface area contributed by atoms with Gasteiger partial charge < -0.3 is 23.7 Å². The van der Waals surface area contributed by atoms with E-state index in [1.807, 2.05) is 36.4 Å². The summed E-state index contributed by atoms with van der Waals surface area (Å²) in [5.74, 6) is 0. The summed E-state index contributed by atoms with van der Waals surface area (Å²) in [6, 6.07) is 20.5. The summed E-state index contributed by atoms with van der Waals surface area (Å²) in [6.45, 7) is 7.35. The van der Waals surface area contributed by atoms with Gasteiger partial charge in [0.05, 0.1) is 25.9 Å². The van der Waals surface area contributed by atoms with Crippen LogP contribution in [0.5, 0.6) is 0 Å². The molecule has 0 aliphatic carbocycles. The van der Waals surface area contributed by atoms with Crippen LogP contribution in [0.1, 0.15) is 69.9 Å². The molecule has 1 unspecified atom stereocenters. The summed E-state index contributed by atoms with van der Waals surface area (Å²) >= 11 is 0. The van der Waals surface area contributed by atoms with E-state index in [1.165, 1.54) is 19.3 Å². The Morgan fingerprint density at radius 3 is 1.94 bits per heavy atom. The third-order valence-electron chi connectivity index (χ3n) is 6.30. The summed E-state index contributed by atoms with van der Waals surface area (Å²) in [4.78, 5) is 0. The average molecular weight is 485 g/mol. The predicted molar refractivity (Wildman–Crippen MR) is 139 cm³/mol. The van der Waals surface area contributed by atoms with Gasteiger partial charge in [0.1, 0.15) is 12.2 Å². The molecular formula is C30H44O5. The van der Waals surface area contributed by atoms with E-state index in [0.29, 0.717) is 32.8 Å². The van der Waals surface area contributed by atoms with Gasteiger partial charge in [0.15, 0.2) is 6.29 Å². The number of rotatable bonds is 17. The highest BCUT2D eigenvalue weighted by Crippen LogP contribution is 2.28. The monoisotopic (exact) mass is 484 g/mol. The fourth-order valence-electron chi connectivity index (χ4n) is 4.27. The van der Waals surface area contributed by atoms with Crippen LogP contribution in [0.4, 0.5) is 0 Å². The van der Waals surface area contributed by atoms with Crippen LogP contribution < -0.4 is 0 Å². The van der Waals surface area contributed by atoms with Crippen LogP contribution in [0.3, 0.4) is 0 Å². The van der Waals surface area contributed by atoms with Crippen molar-refractivity contribution in [1.82, 2.24) is 0 Å². The van der Waals surface area contributed by atoms with Crippen molar-refractivity contribution in [2.24, 2.45) is 0 Å². The summed E-state index contributed by atoms with van der Waals surface area (Å²) in [6.07, 6.45) is 6.48. The Hall–Kier alpha value is -1.76. The van der Waals surface area contributed by atoms with E-state index in [-0.39, 0.29) is 24.6 Å². The number of benzene rings is 2. The molecule has 0 bridgehead atoms. The molecule has 0 amide bonds. The number of hydrogen-bond acceptors (Lipinski definition) is 5. The third-order valence-corrected chi connectivity index (χ3v) is 6.30. The minimum Gasteiger partial charge on any atom is -0.379 e. The highest BCUT2D eigenvalue weighted by atomic mass is 16.7. The minimum atomic E-state index is -0.312. The van der Waals surface area contributed by atoms with Crippen LogP contribution in [-0.4, -0.2) is 44.4 Å². The smallest absolute Gasteiger partial charge is 0.160 e. The molecular weight excluding hydrogens is 440 g/mol. The first-order valence-corrected chi connectivity index (χ1v) is 13.5. The van der Waals surface area contributed by atoms with Gasteiger partial charge >= 0.3 is 0 Å². The maximum absolute atomic E-state index is 6.47. The molecule has 2 aromatic carbocycles. The molecule has 0 N–H and O–H groups in total. The largest absolute Gasteiger partial charge is 0.379 e. The van der Waals surface area contributed by atoms with Crippen molar-refractivity contribution >= 4 is 0 Å². The van der Waals surface area contributed by atoms with Gasteiger partial charge in [-0.15, -0.1) is 0 Å². The molecule has 35 heavy (non-hydrogen) atoms. The molecule has 194 valence electrons. The lowest BCUT2D eigenvalue weighted by atomic mass is 10.0.